The molecule has 2 aliphatic rings. The molecule has 0 radical (unpaired) electrons. The molecular weight excluding hydrogens is 216 g/mol. The molecule has 0 aliphatic carbocycles. The molecule has 5 nitrogen and oxygen atoms in total. The summed E-state index contributed by atoms with van der Waals surface area (Å²) in [5, 5.41) is 11.9. The molecule has 0 aromatic carbocycles. The Morgan fingerprint density at radius 3 is 2.47 bits per heavy atom. The second-order valence-corrected chi connectivity index (χ2v) is 5.21. The Kier molecular flexibility index (Phi) is 4.62. The molecule has 0 bridgehead atoms. The SMILES string of the molecule is NC(=NO)C1CCCN(CCN2CCCC2)C1. The zero-order valence-corrected chi connectivity index (χ0v) is 10.5. The number of nitrogens with two attached hydrogens (primary N) is 1. The number of amidine groups is 1. The maximum Gasteiger partial charge on any atom is 0.143 e. The van der Waals surface area contributed by atoms with Crippen molar-refractivity contribution in [2.75, 3.05) is 39.3 Å². The Hall–Kier alpha value is -0.810. The van der Waals surface area contributed by atoms with Gasteiger partial charge in [-0.3, -0.25) is 0 Å². The smallest absolute Gasteiger partial charge is 0.143 e. The fraction of sp³-hybridized carbons (Fsp3) is 0.917. The van der Waals surface area contributed by atoms with Gasteiger partial charge in [0, 0.05) is 25.6 Å². The van der Waals surface area contributed by atoms with Crippen LogP contribution in [0.5, 0.6) is 0 Å². The average molecular weight is 240 g/mol. The Morgan fingerprint density at radius 1 is 1.12 bits per heavy atom. The van der Waals surface area contributed by atoms with Crippen LogP contribution in [0.2, 0.25) is 0 Å². The van der Waals surface area contributed by atoms with Gasteiger partial charge in [-0.1, -0.05) is 5.16 Å². The first-order chi connectivity index (χ1) is 8.29. The lowest BCUT2D eigenvalue weighted by Crippen LogP contribution is -2.44. The van der Waals surface area contributed by atoms with E-state index in [1.54, 1.807) is 0 Å². The van der Waals surface area contributed by atoms with E-state index in [9.17, 15) is 0 Å². The molecule has 1 unspecified atom stereocenters. The van der Waals surface area contributed by atoms with E-state index in [4.69, 9.17) is 10.9 Å². The molecule has 2 aliphatic heterocycles. The summed E-state index contributed by atoms with van der Waals surface area (Å²) in [5.41, 5.74) is 5.69. The highest BCUT2D eigenvalue weighted by Gasteiger charge is 2.23. The van der Waals surface area contributed by atoms with Gasteiger partial charge in [-0.25, -0.2) is 0 Å². The Balaban J connectivity index is 1.73. The molecule has 0 spiro atoms. The predicted octanol–water partition coefficient (Wildman–Crippen LogP) is 0.541. The first-order valence-electron chi connectivity index (χ1n) is 6.71. The van der Waals surface area contributed by atoms with Crippen LogP contribution in [0.1, 0.15) is 25.7 Å². The molecule has 0 saturated carbocycles. The van der Waals surface area contributed by atoms with Gasteiger partial charge in [-0.05, 0) is 45.3 Å². The number of hydrogen-bond acceptors (Lipinski definition) is 4. The van der Waals surface area contributed by atoms with E-state index in [1.165, 1.54) is 32.5 Å². The lowest BCUT2D eigenvalue weighted by Gasteiger charge is -2.33. The summed E-state index contributed by atoms with van der Waals surface area (Å²) in [5.74, 6) is 0.642. The second-order valence-electron chi connectivity index (χ2n) is 5.21. The summed E-state index contributed by atoms with van der Waals surface area (Å²) >= 11 is 0. The molecule has 5 heteroatoms. The lowest BCUT2D eigenvalue weighted by molar-refractivity contribution is 0.176. The van der Waals surface area contributed by atoms with E-state index in [2.05, 4.69) is 15.0 Å². The minimum atomic E-state index is 0.243. The van der Waals surface area contributed by atoms with Crippen LogP contribution < -0.4 is 5.73 Å². The molecule has 2 fully saturated rings. The summed E-state index contributed by atoms with van der Waals surface area (Å²) in [6.07, 6.45) is 4.91. The van der Waals surface area contributed by atoms with Crippen LogP contribution in [0.15, 0.2) is 5.16 Å². The third-order valence-electron chi connectivity index (χ3n) is 3.97. The summed E-state index contributed by atoms with van der Waals surface area (Å²) in [4.78, 5) is 4.98. The molecule has 0 amide bonds. The Labute approximate surface area is 103 Å². The van der Waals surface area contributed by atoms with Crippen LogP contribution in [0, 0.1) is 5.92 Å². The van der Waals surface area contributed by atoms with Crippen molar-refractivity contribution in [2.45, 2.75) is 25.7 Å². The van der Waals surface area contributed by atoms with Crippen molar-refractivity contribution < 1.29 is 5.21 Å². The molecule has 3 N–H and O–H groups in total. The van der Waals surface area contributed by atoms with Crippen molar-refractivity contribution in [1.29, 1.82) is 0 Å². The third kappa shape index (κ3) is 3.57. The largest absolute Gasteiger partial charge is 0.409 e. The van der Waals surface area contributed by atoms with Gasteiger partial charge in [0.25, 0.3) is 0 Å². The maximum atomic E-state index is 8.71. The monoisotopic (exact) mass is 240 g/mol. The van der Waals surface area contributed by atoms with E-state index in [0.29, 0.717) is 5.84 Å². The molecule has 0 aromatic heterocycles. The molecule has 2 saturated heterocycles. The van der Waals surface area contributed by atoms with Gasteiger partial charge in [0.2, 0.25) is 0 Å². The highest BCUT2D eigenvalue weighted by Crippen LogP contribution is 2.16. The minimum absolute atomic E-state index is 0.243. The lowest BCUT2D eigenvalue weighted by atomic mass is 9.97. The second kappa shape index (κ2) is 6.21. The highest BCUT2D eigenvalue weighted by atomic mass is 16.4. The summed E-state index contributed by atoms with van der Waals surface area (Å²) in [6, 6.07) is 0. The van der Waals surface area contributed by atoms with E-state index in [0.717, 1.165) is 32.5 Å². The van der Waals surface area contributed by atoms with Gasteiger partial charge >= 0.3 is 0 Å². The number of piperidine rings is 1. The fourth-order valence-corrected chi connectivity index (χ4v) is 2.87. The van der Waals surface area contributed by atoms with Gasteiger partial charge in [-0.2, -0.15) is 0 Å². The zero-order valence-electron chi connectivity index (χ0n) is 10.5. The third-order valence-corrected chi connectivity index (χ3v) is 3.97. The van der Waals surface area contributed by atoms with Gasteiger partial charge < -0.3 is 20.7 Å². The molecule has 1 atom stereocenters. The van der Waals surface area contributed by atoms with E-state index in [1.807, 2.05) is 0 Å². The van der Waals surface area contributed by atoms with Crippen molar-refractivity contribution in [1.82, 2.24) is 9.80 Å². The number of rotatable bonds is 4. The maximum absolute atomic E-state index is 8.71. The van der Waals surface area contributed by atoms with Crippen LogP contribution in [-0.4, -0.2) is 60.1 Å². The normalized spacial score (nSPS) is 28.7. The zero-order chi connectivity index (χ0) is 12.1. The predicted molar refractivity (Wildman–Crippen MR) is 68.2 cm³/mol. The van der Waals surface area contributed by atoms with Crippen molar-refractivity contribution in [3.8, 4) is 0 Å². The standard InChI is InChI=1S/C12H24N4O/c13-12(14-17)11-4-3-7-16(10-11)9-8-15-5-1-2-6-15/h11,17H,1-10H2,(H2,13,14). The molecule has 17 heavy (non-hydrogen) atoms. The van der Waals surface area contributed by atoms with Crippen molar-refractivity contribution >= 4 is 5.84 Å². The topological polar surface area (TPSA) is 65.1 Å². The summed E-state index contributed by atoms with van der Waals surface area (Å²) in [7, 11) is 0. The number of likely N-dealkylation sites (tertiary alicyclic amines) is 2. The van der Waals surface area contributed by atoms with Crippen LogP contribution in [0.3, 0.4) is 0 Å². The number of nitrogens with zero attached hydrogens (tertiary/aromatic N) is 3. The molecule has 0 aromatic rings. The van der Waals surface area contributed by atoms with Crippen molar-refractivity contribution in [3.05, 3.63) is 0 Å². The van der Waals surface area contributed by atoms with Crippen molar-refractivity contribution in [3.63, 3.8) is 0 Å². The average Bonchev–Trinajstić information content (AvgIpc) is 2.89. The summed E-state index contributed by atoms with van der Waals surface area (Å²) < 4.78 is 0. The Bertz CT molecular complexity index is 263. The van der Waals surface area contributed by atoms with Crippen LogP contribution in [0.25, 0.3) is 0 Å². The fourth-order valence-electron chi connectivity index (χ4n) is 2.87. The molecule has 2 heterocycles. The first kappa shape index (κ1) is 12.6. The first-order valence-corrected chi connectivity index (χ1v) is 6.71. The van der Waals surface area contributed by atoms with Crippen LogP contribution in [-0.2, 0) is 0 Å². The Morgan fingerprint density at radius 2 is 1.76 bits per heavy atom. The van der Waals surface area contributed by atoms with E-state index < -0.39 is 0 Å². The quantitative estimate of drug-likeness (QED) is 0.326. The van der Waals surface area contributed by atoms with Gasteiger partial charge in [0.05, 0.1) is 0 Å². The van der Waals surface area contributed by atoms with E-state index >= 15 is 0 Å². The molecular formula is C12H24N4O. The number of oxime groups is 1. The van der Waals surface area contributed by atoms with Gasteiger partial charge in [-0.15, -0.1) is 0 Å². The van der Waals surface area contributed by atoms with Gasteiger partial charge in [0.15, 0.2) is 0 Å². The number of hydrogen-bond donors (Lipinski definition) is 2. The highest BCUT2D eigenvalue weighted by molar-refractivity contribution is 5.82. The van der Waals surface area contributed by atoms with Crippen LogP contribution in [0.4, 0.5) is 0 Å². The van der Waals surface area contributed by atoms with Crippen molar-refractivity contribution in [2.24, 2.45) is 16.8 Å². The summed E-state index contributed by atoms with van der Waals surface area (Å²) in [6.45, 7) is 6.92. The molecule has 98 valence electrons. The minimum Gasteiger partial charge on any atom is -0.409 e. The van der Waals surface area contributed by atoms with E-state index in [-0.39, 0.29) is 5.92 Å². The molecule has 2 rings (SSSR count). The van der Waals surface area contributed by atoms with Gasteiger partial charge in [0.1, 0.15) is 5.84 Å². The van der Waals surface area contributed by atoms with Crippen LogP contribution >= 0.6 is 0 Å².